The number of aliphatic hydroxyl groups is 1. The van der Waals surface area contributed by atoms with Gasteiger partial charge in [-0.1, -0.05) is 12.1 Å². The normalized spacial score (nSPS) is 24.0. The van der Waals surface area contributed by atoms with Crippen molar-refractivity contribution in [3.05, 3.63) is 59.2 Å². The third-order valence-corrected chi connectivity index (χ3v) is 9.48. The molecule has 1 fully saturated rings. The molecule has 0 unspecified atom stereocenters. The number of carbonyl (C=O) groups is 1. The average molecular weight is 498 g/mol. The van der Waals surface area contributed by atoms with Crippen LogP contribution in [0.4, 0.5) is 13.2 Å². The number of halogens is 3. The number of ether oxygens (including phenoxy) is 1. The summed E-state index contributed by atoms with van der Waals surface area (Å²) in [6, 6.07) is 7.10. The van der Waals surface area contributed by atoms with Gasteiger partial charge in [0.1, 0.15) is 17.2 Å². The zero-order valence-corrected chi connectivity index (χ0v) is 19.2. The van der Waals surface area contributed by atoms with Crippen LogP contribution >= 0.6 is 0 Å². The second kappa shape index (κ2) is 9.58. The van der Waals surface area contributed by atoms with Crippen LogP contribution in [-0.4, -0.2) is 39.2 Å². The summed E-state index contributed by atoms with van der Waals surface area (Å²) in [4.78, 5) is 12.1. The van der Waals surface area contributed by atoms with Crippen LogP contribution in [0.3, 0.4) is 0 Å². The predicted octanol–water partition coefficient (Wildman–Crippen LogP) is 3.41. The number of nitrogens with one attached hydrogen (secondary N) is 1. The highest BCUT2D eigenvalue weighted by atomic mass is 32.2. The van der Waals surface area contributed by atoms with Crippen molar-refractivity contribution >= 4 is 15.7 Å². The number of amides is 1. The van der Waals surface area contributed by atoms with Crippen molar-refractivity contribution in [2.75, 3.05) is 19.8 Å². The van der Waals surface area contributed by atoms with Gasteiger partial charge in [0.2, 0.25) is 5.91 Å². The van der Waals surface area contributed by atoms with E-state index in [4.69, 9.17) is 9.84 Å². The summed E-state index contributed by atoms with van der Waals surface area (Å²) >= 11 is 0. The fourth-order valence-electron chi connectivity index (χ4n) is 5.29. The number of benzene rings is 2. The Bertz CT molecular complexity index is 1170. The van der Waals surface area contributed by atoms with Crippen molar-refractivity contribution in [2.45, 2.75) is 42.0 Å². The van der Waals surface area contributed by atoms with Crippen molar-refractivity contribution in [2.24, 2.45) is 11.8 Å². The number of fused-ring (bicyclic) bond motifs is 3. The van der Waals surface area contributed by atoms with Crippen LogP contribution in [0.1, 0.15) is 36.8 Å². The topological polar surface area (TPSA) is 92.7 Å². The first-order valence-electron chi connectivity index (χ1n) is 11.1. The quantitative estimate of drug-likeness (QED) is 0.612. The van der Waals surface area contributed by atoms with Gasteiger partial charge in [-0.25, -0.2) is 21.6 Å². The third kappa shape index (κ3) is 4.07. The predicted molar refractivity (Wildman–Crippen MR) is 118 cm³/mol. The van der Waals surface area contributed by atoms with E-state index in [9.17, 15) is 22.0 Å². The van der Waals surface area contributed by atoms with Gasteiger partial charge in [-0.05, 0) is 55.0 Å². The Kier molecular flexibility index (Phi) is 6.91. The monoisotopic (exact) mass is 497 g/mol. The van der Waals surface area contributed by atoms with Gasteiger partial charge >= 0.3 is 0 Å². The Hall–Kier alpha value is -2.59. The number of alkyl halides is 1. The molecule has 0 bridgehead atoms. The maximum absolute atomic E-state index is 15.2. The lowest BCUT2D eigenvalue weighted by atomic mass is 9.68. The van der Waals surface area contributed by atoms with Gasteiger partial charge in [-0.3, -0.25) is 4.79 Å². The summed E-state index contributed by atoms with van der Waals surface area (Å²) in [6.07, 6.45) is 0.639. The molecule has 0 saturated heterocycles. The number of hydrogen-bond acceptors (Lipinski definition) is 5. The summed E-state index contributed by atoms with van der Waals surface area (Å²) < 4.78 is 74.8. The highest BCUT2D eigenvalue weighted by Gasteiger charge is 2.59. The molecule has 0 spiro atoms. The van der Waals surface area contributed by atoms with Gasteiger partial charge in [0.25, 0.3) is 0 Å². The fourth-order valence-corrected chi connectivity index (χ4v) is 7.65. The van der Waals surface area contributed by atoms with E-state index in [1.165, 1.54) is 24.3 Å². The van der Waals surface area contributed by atoms with E-state index in [0.29, 0.717) is 12.0 Å². The Morgan fingerprint density at radius 3 is 2.53 bits per heavy atom. The Balaban J connectivity index is 1.79. The van der Waals surface area contributed by atoms with E-state index in [1.807, 2.05) is 0 Å². The van der Waals surface area contributed by atoms with Gasteiger partial charge < -0.3 is 15.2 Å². The molecule has 0 aromatic heterocycles. The molecule has 184 valence electrons. The van der Waals surface area contributed by atoms with Crippen LogP contribution in [0.15, 0.2) is 41.3 Å². The molecule has 0 radical (unpaired) electrons. The van der Waals surface area contributed by atoms with E-state index in [-0.39, 0.29) is 61.3 Å². The number of sulfone groups is 1. The first-order chi connectivity index (χ1) is 16.2. The summed E-state index contributed by atoms with van der Waals surface area (Å²) in [7, 11) is -4.27. The minimum Gasteiger partial charge on any atom is -0.490 e. The lowest BCUT2D eigenvalue weighted by Crippen LogP contribution is -2.52. The van der Waals surface area contributed by atoms with E-state index in [1.54, 1.807) is 0 Å². The molecule has 2 N–H and O–H groups in total. The largest absolute Gasteiger partial charge is 0.490 e. The van der Waals surface area contributed by atoms with Crippen LogP contribution < -0.4 is 10.1 Å². The molecule has 2 aliphatic rings. The minimum atomic E-state index is -4.27. The van der Waals surface area contributed by atoms with Gasteiger partial charge in [-0.15, -0.1) is 0 Å². The molecule has 1 saturated carbocycles. The molecule has 2 aromatic carbocycles. The zero-order chi connectivity index (χ0) is 24.5. The maximum atomic E-state index is 15.2. The number of rotatable bonds is 7. The van der Waals surface area contributed by atoms with Crippen LogP contribution in [0.2, 0.25) is 0 Å². The van der Waals surface area contributed by atoms with E-state index in [2.05, 4.69) is 5.32 Å². The van der Waals surface area contributed by atoms with Gasteiger partial charge in [0.05, 0.1) is 23.7 Å². The summed E-state index contributed by atoms with van der Waals surface area (Å²) in [5, 5.41) is 11.5. The molecule has 4 rings (SSSR count). The molecular formula is C24H26F3NO5S. The van der Waals surface area contributed by atoms with Crippen molar-refractivity contribution < 1.29 is 36.2 Å². The second-order valence-corrected chi connectivity index (χ2v) is 11.0. The molecule has 1 heterocycles. The number of carbonyl (C=O) groups excluding carboxylic acids is 1. The van der Waals surface area contributed by atoms with Crippen LogP contribution in [0, 0.1) is 23.5 Å². The van der Waals surface area contributed by atoms with Crippen LogP contribution in [0.25, 0.3) is 0 Å². The van der Waals surface area contributed by atoms with Gasteiger partial charge in [0.15, 0.2) is 21.4 Å². The summed E-state index contributed by atoms with van der Waals surface area (Å²) in [5.74, 6) is -3.31. The molecule has 2 aromatic rings. The van der Waals surface area contributed by atoms with Crippen LogP contribution in [0.5, 0.6) is 5.75 Å². The highest BCUT2D eigenvalue weighted by molar-refractivity contribution is 7.92. The van der Waals surface area contributed by atoms with E-state index < -0.39 is 44.6 Å². The van der Waals surface area contributed by atoms with E-state index in [0.717, 1.165) is 12.1 Å². The SMILES string of the molecule is O=C(C[C@@H]1CC[C@@]2(S(=O)(=O)c3ccc(CF)cc3)c3c(F)ccc(F)c3OC[C@H]2C1)NCCO. The molecule has 1 aliphatic carbocycles. The fraction of sp³-hybridized carbons (Fsp3) is 0.458. The molecular weight excluding hydrogens is 471 g/mol. The smallest absolute Gasteiger partial charge is 0.220 e. The Morgan fingerprint density at radius 1 is 1.15 bits per heavy atom. The third-order valence-electron chi connectivity index (χ3n) is 6.89. The molecule has 3 atom stereocenters. The molecule has 6 nitrogen and oxygen atoms in total. The van der Waals surface area contributed by atoms with Crippen LogP contribution in [-0.2, 0) is 26.1 Å². The maximum Gasteiger partial charge on any atom is 0.220 e. The van der Waals surface area contributed by atoms with Gasteiger partial charge in [-0.2, -0.15) is 0 Å². The average Bonchev–Trinajstić information content (AvgIpc) is 2.84. The second-order valence-electron chi connectivity index (χ2n) is 8.83. The lowest BCUT2D eigenvalue weighted by molar-refractivity contribution is -0.122. The van der Waals surface area contributed by atoms with E-state index >= 15 is 4.39 Å². The molecule has 10 heteroatoms. The van der Waals surface area contributed by atoms with Gasteiger partial charge in [0, 0.05) is 18.9 Å². The number of aliphatic hydroxyl groups excluding tert-OH is 1. The Labute approximate surface area is 196 Å². The standard InChI is InChI=1S/C24H26F3NO5S/c25-13-15-1-3-18(4-2-15)34(31,32)24-8-7-16(12-21(30)28-9-10-29)11-17(24)14-33-23-20(27)6-5-19(26)22(23)24/h1-6,16-17,29H,7-14H2,(H,28,30)/t16-,17-,24+/m1/s1. The summed E-state index contributed by atoms with van der Waals surface area (Å²) in [6.45, 7) is -0.991. The summed E-state index contributed by atoms with van der Waals surface area (Å²) in [5.41, 5.74) is -0.0169. The number of hydrogen-bond donors (Lipinski definition) is 2. The molecule has 1 aliphatic heterocycles. The van der Waals surface area contributed by atoms with Crippen molar-refractivity contribution in [3.8, 4) is 5.75 Å². The molecule has 1 amide bonds. The highest BCUT2D eigenvalue weighted by Crippen LogP contribution is 2.57. The first kappa shape index (κ1) is 24.5. The molecule has 34 heavy (non-hydrogen) atoms. The zero-order valence-electron chi connectivity index (χ0n) is 18.4. The first-order valence-corrected chi connectivity index (χ1v) is 12.6. The van der Waals surface area contributed by atoms with Crippen molar-refractivity contribution in [1.82, 2.24) is 5.32 Å². The van der Waals surface area contributed by atoms with Crippen molar-refractivity contribution in [1.29, 1.82) is 0 Å². The lowest BCUT2D eigenvalue weighted by Gasteiger charge is -2.49. The minimum absolute atomic E-state index is 0.0282. The van der Waals surface area contributed by atoms with Crippen molar-refractivity contribution in [3.63, 3.8) is 0 Å². The Morgan fingerprint density at radius 2 is 1.85 bits per heavy atom.